The van der Waals surface area contributed by atoms with Gasteiger partial charge in [-0.2, -0.15) is 0 Å². The van der Waals surface area contributed by atoms with E-state index in [1.54, 1.807) is 0 Å². The van der Waals surface area contributed by atoms with Crippen molar-refractivity contribution < 1.29 is 14.1 Å². The molecule has 1 N–H and O–H groups in total. The second-order valence-corrected chi connectivity index (χ2v) is 17.5. The Morgan fingerprint density at radius 3 is 1.29 bits per heavy atom. The second-order valence-electron chi connectivity index (χ2n) is 11.0. The summed E-state index contributed by atoms with van der Waals surface area (Å²) >= 11 is 0. The zero-order valence-corrected chi connectivity index (χ0v) is 25.6. The van der Waals surface area contributed by atoms with Crippen LogP contribution in [0.5, 0.6) is 0 Å². The average Bonchev–Trinajstić information content (AvgIpc) is 2.94. The van der Waals surface area contributed by atoms with Gasteiger partial charge in [0.1, 0.15) is 0 Å². The first-order valence-electron chi connectivity index (χ1n) is 14.4. The van der Waals surface area contributed by atoms with E-state index in [2.05, 4.69) is 121 Å². The van der Waals surface area contributed by atoms with Gasteiger partial charge in [0.15, 0.2) is 0 Å². The van der Waals surface area contributed by atoms with Crippen molar-refractivity contribution in [2.24, 2.45) is 0 Å². The van der Waals surface area contributed by atoms with Crippen LogP contribution in [0.1, 0.15) is 73.9 Å². The van der Waals surface area contributed by atoms with Crippen molar-refractivity contribution in [3.63, 3.8) is 0 Å². The van der Waals surface area contributed by atoms with E-state index in [1.807, 2.05) is 0 Å². The van der Waals surface area contributed by atoms with Crippen LogP contribution in [0.25, 0.3) is 0 Å². The SMILES string of the molecule is CCP(CC)(CC)(CC)OB(O)OCCCC(c1ccc(C)cc1)(c1ccc(C)cc1)c1ccc(C)cc1. The Bertz CT molecular complexity index is 1000. The van der Waals surface area contributed by atoms with Gasteiger partial charge in [-0.15, -0.1) is 0 Å². The summed E-state index contributed by atoms with van der Waals surface area (Å²) in [6.45, 7) is 13.2. The molecule has 0 heterocycles. The van der Waals surface area contributed by atoms with E-state index in [9.17, 15) is 5.02 Å². The summed E-state index contributed by atoms with van der Waals surface area (Å²) in [5.74, 6) is 0. The summed E-state index contributed by atoms with van der Waals surface area (Å²) in [5.41, 5.74) is 7.23. The first-order valence-corrected chi connectivity index (χ1v) is 17.3. The summed E-state index contributed by atoms with van der Waals surface area (Å²) in [7, 11) is -1.18. The fraction of sp³-hybridized carbons (Fsp3) is 0.455. The van der Waals surface area contributed by atoms with Crippen LogP contribution >= 0.6 is 6.83 Å². The van der Waals surface area contributed by atoms with Crippen LogP contribution in [0.15, 0.2) is 72.8 Å². The molecule has 0 aromatic heterocycles. The Hall–Kier alpha value is -1.97. The van der Waals surface area contributed by atoms with Gasteiger partial charge in [-0.1, -0.05) is 0 Å². The summed E-state index contributed by atoms with van der Waals surface area (Å²) in [6.07, 6.45) is 5.49. The fourth-order valence-corrected chi connectivity index (χ4v) is 9.74. The molecule has 0 fully saturated rings. The molecule has 0 atom stereocenters. The Balaban J connectivity index is 1.92. The number of benzene rings is 3. The van der Waals surface area contributed by atoms with Gasteiger partial charge < -0.3 is 0 Å². The molecule has 0 radical (unpaired) electrons. The topological polar surface area (TPSA) is 38.7 Å². The molecule has 0 aliphatic carbocycles. The van der Waals surface area contributed by atoms with Crippen molar-refractivity contribution in [3.8, 4) is 0 Å². The van der Waals surface area contributed by atoms with Crippen molar-refractivity contribution >= 4 is 14.2 Å². The molecule has 3 nitrogen and oxygen atoms in total. The summed E-state index contributed by atoms with van der Waals surface area (Å²) in [6, 6.07) is 26.8. The molecule has 0 aliphatic heterocycles. The van der Waals surface area contributed by atoms with Gasteiger partial charge in [-0.25, -0.2) is 0 Å². The minimum atomic E-state index is -2.43. The molecule has 206 valence electrons. The van der Waals surface area contributed by atoms with E-state index in [4.69, 9.17) is 9.10 Å². The Morgan fingerprint density at radius 2 is 0.974 bits per heavy atom. The van der Waals surface area contributed by atoms with Crippen molar-refractivity contribution in [1.29, 1.82) is 0 Å². The van der Waals surface area contributed by atoms with Crippen molar-refractivity contribution in [1.82, 2.24) is 0 Å². The molecule has 0 saturated heterocycles. The summed E-state index contributed by atoms with van der Waals surface area (Å²) in [5, 5.41) is 10.8. The average molecular weight is 535 g/mol. The van der Waals surface area contributed by atoms with E-state index >= 15 is 0 Å². The first kappa shape index (κ1) is 30.6. The van der Waals surface area contributed by atoms with Crippen LogP contribution < -0.4 is 0 Å². The van der Waals surface area contributed by atoms with Crippen LogP contribution in [-0.4, -0.2) is 43.6 Å². The predicted molar refractivity (Wildman–Crippen MR) is 167 cm³/mol. The molecular formula is C33H48BO3P. The molecule has 0 unspecified atom stereocenters. The third-order valence-electron chi connectivity index (χ3n) is 9.18. The van der Waals surface area contributed by atoms with Gasteiger partial charge in [-0.05, 0) is 0 Å². The van der Waals surface area contributed by atoms with E-state index in [-0.39, 0.29) is 5.41 Å². The Kier molecular flexibility index (Phi) is 10.4. The zero-order valence-electron chi connectivity index (χ0n) is 24.7. The zero-order chi connectivity index (χ0) is 27.8. The van der Waals surface area contributed by atoms with Crippen molar-refractivity contribution in [2.75, 3.05) is 31.3 Å². The molecule has 0 amide bonds. The first-order chi connectivity index (χ1) is 18.2. The summed E-state index contributed by atoms with van der Waals surface area (Å²) < 4.78 is 12.4. The van der Waals surface area contributed by atoms with Crippen LogP contribution in [0, 0.1) is 20.8 Å². The Labute approximate surface area is 232 Å². The molecular weight excluding hydrogens is 486 g/mol. The molecule has 0 spiro atoms. The molecule has 0 bridgehead atoms. The Morgan fingerprint density at radius 1 is 0.632 bits per heavy atom. The maximum absolute atomic E-state index is 10.8. The van der Waals surface area contributed by atoms with Gasteiger partial charge in [-0.3, -0.25) is 0 Å². The molecule has 0 aliphatic rings. The molecule has 38 heavy (non-hydrogen) atoms. The molecule has 3 aromatic carbocycles. The maximum atomic E-state index is 10.8. The van der Waals surface area contributed by atoms with E-state index in [1.165, 1.54) is 33.4 Å². The molecule has 3 rings (SSSR count). The number of rotatable bonds is 14. The standard InChI is InChI=1S/C33H48BO3P/c1-8-38(9-2,10-3,11-4)37-34(35)36-26-12-25-33(30-19-13-27(5)14-20-30,31-21-15-28(6)16-22-31)32-23-17-29(7)18-24-32/h13-24,35H,8-12,25-26H2,1-7H3. The normalized spacial score (nSPS) is 13.2. The van der Waals surface area contributed by atoms with Gasteiger partial charge in [0.05, 0.1) is 0 Å². The van der Waals surface area contributed by atoms with Crippen molar-refractivity contribution in [3.05, 3.63) is 106 Å². The third-order valence-corrected chi connectivity index (χ3v) is 16.4. The molecule has 3 aromatic rings. The van der Waals surface area contributed by atoms with E-state index in [0.717, 1.165) is 37.5 Å². The number of hydrogen-bond donors (Lipinski definition) is 1. The quantitative estimate of drug-likeness (QED) is 0.0979. The minimum absolute atomic E-state index is 0.330. The van der Waals surface area contributed by atoms with Crippen LogP contribution in [0.3, 0.4) is 0 Å². The molecule has 0 saturated carbocycles. The number of hydrogen-bond acceptors (Lipinski definition) is 3. The van der Waals surface area contributed by atoms with Gasteiger partial charge >= 0.3 is 232 Å². The summed E-state index contributed by atoms with van der Waals surface area (Å²) in [4.78, 5) is 0. The number of aryl methyl sites for hydroxylation is 3. The van der Waals surface area contributed by atoms with Crippen LogP contribution in [-0.2, 0) is 14.5 Å². The van der Waals surface area contributed by atoms with E-state index < -0.39 is 14.2 Å². The van der Waals surface area contributed by atoms with Crippen LogP contribution in [0.4, 0.5) is 0 Å². The van der Waals surface area contributed by atoms with Gasteiger partial charge in [0.2, 0.25) is 0 Å². The van der Waals surface area contributed by atoms with Gasteiger partial charge in [0, 0.05) is 0 Å². The van der Waals surface area contributed by atoms with Crippen molar-refractivity contribution in [2.45, 2.75) is 66.7 Å². The fourth-order valence-electron chi connectivity index (χ4n) is 5.89. The van der Waals surface area contributed by atoms with Gasteiger partial charge in [0.25, 0.3) is 0 Å². The van der Waals surface area contributed by atoms with Crippen LogP contribution in [0.2, 0.25) is 0 Å². The second kappa shape index (κ2) is 12.9. The third kappa shape index (κ3) is 6.42. The predicted octanol–water partition coefficient (Wildman–Crippen LogP) is 8.28. The van der Waals surface area contributed by atoms with E-state index in [0.29, 0.717) is 6.61 Å². The monoisotopic (exact) mass is 534 g/mol. The molecule has 5 heteroatoms.